The van der Waals surface area contributed by atoms with Gasteiger partial charge in [-0.1, -0.05) is 30.3 Å². The highest BCUT2D eigenvalue weighted by Crippen LogP contribution is 2.60. The van der Waals surface area contributed by atoms with Crippen LogP contribution in [0.2, 0.25) is 0 Å². The smallest absolute Gasteiger partial charge is 0.136 e. The lowest BCUT2D eigenvalue weighted by Crippen LogP contribution is -2.50. The average molecular weight is 271 g/mol. The molecule has 0 saturated carbocycles. The highest BCUT2D eigenvalue weighted by Gasteiger charge is 2.63. The standard InChI is InChI=1S/C17H21NO2/c1-12(11-19)18-14-7-8-15(18)10-17(9-14)16(20-17)13-5-3-2-4-6-13/h2-6,11-12,14-16H,7-10H2,1H3. The monoisotopic (exact) mass is 271 g/mol. The van der Waals surface area contributed by atoms with E-state index in [0.29, 0.717) is 12.1 Å². The van der Waals surface area contributed by atoms with E-state index in [4.69, 9.17) is 4.74 Å². The summed E-state index contributed by atoms with van der Waals surface area (Å²) in [6.45, 7) is 2.03. The number of carbonyl (C=O) groups excluding carboxylic acids is 1. The minimum Gasteiger partial charge on any atom is -0.361 e. The highest BCUT2D eigenvalue weighted by atomic mass is 16.6. The summed E-state index contributed by atoms with van der Waals surface area (Å²) in [5, 5.41) is 0. The van der Waals surface area contributed by atoms with Gasteiger partial charge in [0.05, 0.1) is 6.04 Å². The molecule has 3 aliphatic heterocycles. The molecule has 3 heterocycles. The Labute approximate surface area is 119 Å². The second-order valence-electron chi connectivity index (χ2n) is 6.59. The fraction of sp³-hybridized carbons (Fsp3) is 0.588. The molecule has 20 heavy (non-hydrogen) atoms. The van der Waals surface area contributed by atoms with Gasteiger partial charge in [0.1, 0.15) is 18.0 Å². The number of fused-ring (bicyclic) bond motifs is 2. The van der Waals surface area contributed by atoms with Crippen molar-refractivity contribution >= 4 is 6.29 Å². The zero-order chi connectivity index (χ0) is 13.7. The number of benzene rings is 1. The van der Waals surface area contributed by atoms with E-state index in [1.807, 2.05) is 6.92 Å². The van der Waals surface area contributed by atoms with Crippen LogP contribution < -0.4 is 0 Å². The number of epoxide rings is 1. The molecule has 2 bridgehead atoms. The summed E-state index contributed by atoms with van der Waals surface area (Å²) in [6, 6.07) is 11.7. The summed E-state index contributed by atoms with van der Waals surface area (Å²) < 4.78 is 6.16. The maximum absolute atomic E-state index is 11.1. The predicted molar refractivity (Wildman–Crippen MR) is 76.4 cm³/mol. The van der Waals surface area contributed by atoms with Crippen LogP contribution in [0.5, 0.6) is 0 Å². The Morgan fingerprint density at radius 3 is 2.50 bits per heavy atom. The van der Waals surface area contributed by atoms with E-state index < -0.39 is 0 Å². The number of ether oxygens (including phenoxy) is 1. The van der Waals surface area contributed by atoms with E-state index in [1.165, 1.54) is 18.4 Å². The fourth-order valence-corrected chi connectivity index (χ4v) is 4.52. The topological polar surface area (TPSA) is 32.8 Å². The molecule has 1 aromatic rings. The summed E-state index contributed by atoms with van der Waals surface area (Å²) in [5.41, 5.74) is 1.37. The van der Waals surface area contributed by atoms with Gasteiger partial charge in [-0.05, 0) is 38.2 Å². The third-order valence-electron chi connectivity index (χ3n) is 5.38. The normalized spacial score (nSPS) is 40.8. The van der Waals surface area contributed by atoms with Crippen molar-refractivity contribution in [2.45, 2.75) is 62.4 Å². The number of piperidine rings is 1. The zero-order valence-electron chi connectivity index (χ0n) is 11.9. The minimum absolute atomic E-state index is 0.0544. The third-order valence-corrected chi connectivity index (χ3v) is 5.38. The molecule has 3 nitrogen and oxygen atoms in total. The Bertz CT molecular complexity index is 501. The Morgan fingerprint density at radius 2 is 1.90 bits per heavy atom. The van der Waals surface area contributed by atoms with Crippen LogP contribution in [0, 0.1) is 0 Å². The first-order valence-corrected chi connectivity index (χ1v) is 7.69. The van der Waals surface area contributed by atoms with Crippen molar-refractivity contribution < 1.29 is 9.53 Å². The third kappa shape index (κ3) is 1.76. The van der Waals surface area contributed by atoms with Crippen LogP contribution in [0.3, 0.4) is 0 Å². The van der Waals surface area contributed by atoms with Crippen molar-refractivity contribution in [3.63, 3.8) is 0 Å². The van der Waals surface area contributed by atoms with Crippen molar-refractivity contribution in [1.82, 2.24) is 4.90 Å². The zero-order valence-corrected chi connectivity index (χ0v) is 11.9. The van der Waals surface area contributed by atoms with Gasteiger partial charge in [0, 0.05) is 12.1 Å². The van der Waals surface area contributed by atoms with Gasteiger partial charge in [0.15, 0.2) is 0 Å². The van der Waals surface area contributed by atoms with Gasteiger partial charge in [0.2, 0.25) is 0 Å². The molecule has 3 heteroatoms. The number of hydrogen-bond donors (Lipinski definition) is 0. The Kier molecular flexibility index (Phi) is 2.76. The van der Waals surface area contributed by atoms with Crippen LogP contribution in [-0.4, -0.2) is 34.9 Å². The molecule has 0 amide bonds. The number of nitrogens with zero attached hydrogens (tertiary/aromatic N) is 1. The molecule has 0 aliphatic carbocycles. The lowest BCUT2D eigenvalue weighted by Gasteiger charge is -2.40. The van der Waals surface area contributed by atoms with Gasteiger partial charge in [-0.15, -0.1) is 0 Å². The first-order valence-electron chi connectivity index (χ1n) is 7.69. The number of carbonyl (C=O) groups is 1. The molecule has 3 saturated heterocycles. The molecule has 4 atom stereocenters. The molecule has 1 aromatic carbocycles. The second kappa shape index (κ2) is 4.40. The molecule has 3 aliphatic rings. The van der Waals surface area contributed by atoms with Crippen molar-refractivity contribution in [1.29, 1.82) is 0 Å². The number of rotatable bonds is 3. The molecule has 0 aromatic heterocycles. The fourth-order valence-electron chi connectivity index (χ4n) is 4.52. The summed E-state index contributed by atoms with van der Waals surface area (Å²) in [4.78, 5) is 13.5. The summed E-state index contributed by atoms with van der Waals surface area (Å²) >= 11 is 0. The van der Waals surface area contributed by atoms with E-state index in [-0.39, 0.29) is 17.7 Å². The second-order valence-corrected chi connectivity index (χ2v) is 6.59. The Hall–Kier alpha value is -1.19. The lowest BCUT2D eigenvalue weighted by atomic mass is 9.85. The van der Waals surface area contributed by atoms with Crippen molar-refractivity contribution in [3.05, 3.63) is 35.9 Å². The molecule has 106 valence electrons. The van der Waals surface area contributed by atoms with Gasteiger partial charge in [0.25, 0.3) is 0 Å². The van der Waals surface area contributed by atoms with E-state index in [1.54, 1.807) is 0 Å². The molecule has 0 radical (unpaired) electrons. The maximum Gasteiger partial charge on any atom is 0.136 e. The van der Waals surface area contributed by atoms with Crippen molar-refractivity contribution in [3.8, 4) is 0 Å². The van der Waals surface area contributed by atoms with Gasteiger partial charge in [-0.2, -0.15) is 0 Å². The first-order chi connectivity index (χ1) is 9.73. The van der Waals surface area contributed by atoms with E-state index in [0.717, 1.165) is 19.1 Å². The van der Waals surface area contributed by atoms with Gasteiger partial charge in [-0.25, -0.2) is 0 Å². The Balaban J connectivity index is 1.54. The summed E-state index contributed by atoms with van der Waals surface area (Å²) in [7, 11) is 0. The Morgan fingerprint density at radius 1 is 1.25 bits per heavy atom. The predicted octanol–water partition coefficient (Wildman–Crippen LogP) is 2.71. The van der Waals surface area contributed by atoms with E-state index in [2.05, 4.69) is 35.2 Å². The largest absolute Gasteiger partial charge is 0.361 e. The summed E-state index contributed by atoms with van der Waals surface area (Å²) in [6.07, 6.45) is 5.97. The van der Waals surface area contributed by atoms with Gasteiger partial charge >= 0.3 is 0 Å². The van der Waals surface area contributed by atoms with Gasteiger partial charge < -0.3 is 9.53 Å². The first kappa shape index (κ1) is 12.5. The molecular weight excluding hydrogens is 250 g/mol. The molecule has 4 unspecified atom stereocenters. The van der Waals surface area contributed by atoms with Gasteiger partial charge in [-0.3, -0.25) is 4.90 Å². The lowest BCUT2D eigenvalue weighted by molar-refractivity contribution is -0.114. The average Bonchev–Trinajstić information content (AvgIpc) is 3.10. The quantitative estimate of drug-likeness (QED) is 0.626. The molecule has 1 spiro atoms. The molecule has 4 rings (SSSR count). The van der Waals surface area contributed by atoms with E-state index >= 15 is 0 Å². The van der Waals surface area contributed by atoms with Crippen LogP contribution in [-0.2, 0) is 9.53 Å². The van der Waals surface area contributed by atoms with E-state index in [9.17, 15) is 4.79 Å². The summed E-state index contributed by atoms with van der Waals surface area (Å²) in [5.74, 6) is 0. The maximum atomic E-state index is 11.1. The van der Waals surface area contributed by atoms with Crippen LogP contribution in [0.1, 0.15) is 44.3 Å². The van der Waals surface area contributed by atoms with Crippen LogP contribution in [0.4, 0.5) is 0 Å². The van der Waals surface area contributed by atoms with Crippen molar-refractivity contribution in [2.75, 3.05) is 0 Å². The van der Waals surface area contributed by atoms with Crippen LogP contribution in [0.15, 0.2) is 30.3 Å². The SMILES string of the molecule is CC(C=O)N1C2CCC1CC1(C2)OC1c1ccccc1. The minimum atomic E-state index is 0.0544. The van der Waals surface area contributed by atoms with Crippen LogP contribution in [0.25, 0.3) is 0 Å². The van der Waals surface area contributed by atoms with Crippen LogP contribution >= 0.6 is 0 Å². The molecule has 3 fully saturated rings. The van der Waals surface area contributed by atoms with Crippen molar-refractivity contribution in [2.24, 2.45) is 0 Å². The number of hydrogen-bond acceptors (Lipinski definition) is 3. The number of aldehydes is 1. The highest BCUT2D eigenvalue weighted by molar-refractivity contribution is 5.57. The molecule has 0 N–H and O–H groups in total. The molecular formula is C17H21NO2.